The van der Waals surface area contributed by atoms with E-state index in [-0.39, 0.29) is 17.7 Å². The van der Waals surface area contributed by atoms with Gasteiger partial charge >= 0.3 is 0 Å². The topological polar surface area (TPSA) is 37.4 Å². The Morgan fingerprint density at radius 1 is 1.47 bits per heavy atom. The molecular formula is C12H22ClNO2S. The van der Waals surface area contributed by atoms with Gasteiger partial charge in [-0.2, -0.15) is 4.31 Å². The Hall–Kier alpha value is -0.0600. The van der Waals surface area contributed by atoms with E-state index in [0.717, 1.165) is 25.7 Å². The van der Waals surface area contributed by atoms with Gasteiger partial charge in [0, 0.05) is 18.5 Å². The van der Waals surface area contributed by atoms with E-state index in [9.17, 15) is 8.42 Å². The van der Waals surface area contributed by atoms with Crippen LogP contribution in [0.15, 0.2) is 12.7 Å². The van der Waals surface area contributed by atoms with Gasteiger partial charge in [-0.15, -0.1) is 18.2 Å². The van der Waals surface area contributed by atoms with Crippen molar-refractivity contribution in [3.05, 3.63) is 12.7 Å². The van der Waals surface area contributed by atoms with Crippen molar-refractivity contribution in [1.29, 1.82) is 0 Å². The number of sulfonamides is 1. The summed E-state index contributed by atoms with van der Waals surface area (Å²) >= 11 is 5.70. The van der Waals surface area contributed by atoms with Gasteiger partial charge in [-0.3, -0.25) is 0 Å². The Morgan fingerprint density at radius 2 is 2.06 bits per heavy atom. The first-order valence-electron chi connectivity index (χ1n) is 6.17. The van der Waals surface area contributed by atoms with E-state index < -0.39 is 10.0 Å². The zero-order valence-electron chi connectivity index (χ0n) is 10.4. The van der Waals surface area contributed by atoms with Crippen molar-refractivity contribution < 1.29 is 8.42 Å². The highest BCUT2D eigenvalue weighted by Gasteiger charge is 2.31. The molecule has 0 aromatic rings. The van der Waals surface area contributed by atoms with Crippen molar-refractivity contribution in [1.82, 2.24) is 4.31 Å². The number of alkyl halides is 1. The molecule has 3 nitrogen and oxygen atoms in total. The predicted octanol–water partition coefficient (Wildman–Crippen LogP) is 2.62. The van der Waals surface area contributed by atoms with E-state index in [1.165, 1.54) is 0 Å². The molecule has 0 radical (unpaired) electrons. The van der Waals surface area contributed by atoms with Crippen molar-refractivity contribution in [3.8, 4) is 0 Å². The van der Waals surface area contributed by atoms with Gasteiger partial charge in [-0.05, 0) is 18.8 Å². The van der Waals surface area contributed by atoms with Crippen LogP contribution in [0.1, 0.15) is 32.6 Å². The Kier molecular flexibility index (Phi) is 5.97. The van der Waals surface area contributed by atoms with Crippen LogP contribution in [0.2, 0.25) is 0 Å². The van der Waals surface area contributed by atoms with Crippen molar-refractivity contribution in [2.75, 3.05) is 18.2 Å². The molecule has 1 saturated carbocycles. The van der Waals surface area contributed by atoms with Gasteiger partial charge in [0.2, 0.25) is 10.0 Å². The van der Waals surface area contributed by atoms with Gasteiger partial charge in [-0.25, -0.2) is 8.42 Å². The van der Waals surface area contributed by atoms with Crippen LogP contribution in [-0.4, -0.2) is 36.9 Å². The minimum atomic E-state index is -3.20. The van der Waals surface area contributed by atoms with Gasteiger partial charge in [0.15, 0.2) is 0 Å². The minimum Gasteiger partial charge on any atom is -0.212 e. The minimum absolute atomic E-state index is 0.00427. The van der Waals surface area contributed by atoms with Gasteiger partial charge in [0.25, 0.3) is 0 Å². The third-order valence-electron chi connectivity index (χ3n) is 3.16. The van der Waals surface area contributed by atoms with Crippen molar-refractivity contribution in [2.45, 2.75) is 38.6 Å². The molecule has 1 aliphatic carbocycles. The summed E-state index contributed by atoms with van der Waals surface area (Å²) in [4.78, 5) is 0. The third kappa shape index (κ3) is 4.27. The van der Waals surface area contributed by atoms with E-state index in [2.05, 4.69) is 6.58 Å². The summed E-state index contributed by atoms with van der Waals surface area (Å²) in [5.74, 6) is 0.516. The van der Waals surface area contributed by atoms with Gasteiger partial charge < -0.3 is 0 Å². The zero-order chi connectivity index (χ0) is 12.9. The van der Waals surface area contributed by atoms with Crippen molar-refractivity contribution in [2.24, 2.45) is 5.92 Å². The van der Waals surface area contributed by atoms with Gasteiger partial charge in [0.05, 0.1) is 5.75 Å². The maximum atomic E-state index is 12.3. The van der Waals surface area contributed by atoms with Crippen LogP contribution in [0.4, 0.5) is 0 Å². The molecule has 0 amide bonds. The molecule has 1 fully saturated rings. The van der Waals surface area contributed by atoms with Gasteiger partial charge in [-0.1, -0.05) is 25.8 Å². The molecule has 0 N–H and O–H groups in total. The third-order valence-corrected chi connectivity index (χ3v) is 5.84. The molecule has 1 unspecified atom stereocenters. The fourth-order valence-electron chi connectivity index (χ4n) is 2.31. The Morgan fingerprint density at radius 3 is 2.53 bits per heavy atom. The standard InChI is InChI=1S/C12H22ClNO2S/c1-3-8-14(12-6-4-5-7-12)17(15,16)10-11(2)9-13/h3,11-12H,1,4-10H2,2H3. The summed E-state index contributed by atoms with van der Waals surface area (Å²) in [5.41, 5.74) is 0. The number of halogens is 1. The van der Waals surface area contributed by atoms with E-state index in [1.807, 2.05) is 6.92 Å². The Labute approximate surface area is 110 Å². The molecule has 0 spiro atoms. The molecular weight excluding hydrogens is 258 g/mol. The van der Waals surface area contributed by atoms with Crippen LogP contribution in [0.3, 0.4) is 0 Å². The van der Waals surface area contributed by atoms with Crippen LogP contribution in [0, 0.1) is 5.92 Å². The molecule has 0 saturated heterocycles. The van der Waals surface area contributed by atoms with Crippen LogP contribution in [0.25, 0.3) is 0 Å². The lowest BCUT2D eigenvalue weighted by Crippen LogP contribution is -2.41. The average molecular weight is 280 g/mol. The molecule has 1 rings (SSSR count). The fourth-order valence-corrected chi connectivity index (χ4v) is 4.57. The van der Waals surface area contributed by atoms with Crippen LogP contribution < -0.4 is 0 Å². The van der Waals surface area contributed by atoms with E-state index in [1.54, 1.807) is 10.4 Å². The second kappa shape index (κ2) is 6.76. The summed E-state index contributed by atoms with van der Waals surface area (Å²) in [7, 11) is -3.20. The Balaban J connectivity index is 2.77. The smallest absolute Gasteiger partial charge is 0.212 e. The molecule has 1 atom stereocenters. The molecule has 0 aromatic carbocycles. The summed E-state index contributed by atoms with van der Waals surface area (Å²) < 4.78 is 26.2. The highest BCUT2D eigenvalue weighted by Crippen LogP contribution is 2.26. The fraction of sp³-hybridized carbons (Fsp3) is 0.833. The zero-order valence-corrected chi connectivity index (χ0v) is 12.0. The molecule has 0 aromatic heterocycles. The number of hydrogen-bond donors (Lipinski definition) is 0. The van der Waals surface area contributed by atoms with Crippen molar-refractivity contribution in [3.63, 3.8) is 0 Å². The first-order valence-corrected chi connectivity index (χ1v) is 8.32. The van der Waals surface area contributed by atoms with E-state index in [0.29, 0.717) is 12.4 Å². The number of nitrogens with zero attached hydrogens (tertiary/aromatic N) is 1. The van der Waals surface area contributed by atoms with Crippen LogP contribution in [0.5, 0.6) is 0 Å². The quantitative estimate of drug-likeness (QED) is 0.531. The van der Waals surface area contributed by atoms with Crippen LogP contribution in [-0.2, 0) is 10.0 Å². The molecule has 0 aliphatic heterocycles. The molecule has 17 heavy (non-hydrogen) atoms. The second-order valence-electron chi connectivity index (χ2n) is 4.83. The Bertz CT molecular complexity index is 336. The normalized spacial score (nSPS) is 19.7. The molecule has 0 bridgehead atoms. The lowest BCUT2D eigenvalue weighted by atomic mass is 10.2. The molecule has 5 heteroatoms. The average Bonchev–Trinajstić information content (AvgIpc) is 2.77. The van der Waals surface area contributed by atoms with Crippen molar-refractivity contribution >= 4 is 21.6 Å². The number of hydrogen-bond acceptors (Lipinski definition) is 2. The summed E-state index contributed by atoms with van der Waals surface area (Å²) in [6.45, 7) is 5.94. The lowest BCUT2D eigenvalue weighted by Gasteiger charge is -2.27. The molecule has 100 valence electrons. The number of rotatable bonds is 7. The highest BCUT2D eigenvalue weighted by molar-refractivity contribution is 7.89. The molecule has 0 heterocycles. The SMILES string of the molecule is C=CCN(C1CCCC1)S(=O)(=O)CC(C)CCl. The molecule has 1 aliphatic rings. The summed E-state index contributed by atoms with van der Waals surface area (Å²) in [5, 5.41) is 0. The summed E-state index contributed by atoms with van der Waals surface area (Å²) in [6.07, 6.45) is 5.86. The first-order chi connectivity index (χ1) is 8.01. The first kappa shape index (κ1) is 15.0. The maximum absolute atomic E-state index is 12.3. The highest BCUT2D eigenvalue weighted by atomic mass is 35.5. The largest absolute Gasteiger partial charge is 0.214 e. The van der Waals surface area contributed by atoms with Gasteiger partial charge in [0.1, 0.15) is 0 Å². The maximum Gasteiger partial charge on any atom is 0.214 e. The monoisotopic (exact) mass is 279 g/mol. The summed E-state index contributed by atoms with van der Waals surface area (Å²) in [6, 6.07) is 0.167. The van der Waals surface area contributed by atoms with Crippen LogP contribution >= 0.6 is 11.6 Å². The predicted molar refractivity (Wildman–Crippen MR) is 72.8 cm³/mol. The second-order valence-corrected chi connectivity index (χ2v) is 7.11. The van der Waals surface area contributed by atoms with E-state index >= 15 is 0 Å². The van der Waals surface area contributed by atoms with E-state index in [4.69, 9.17) is 11.6 Å². The lowest BCUT2D eigenvalue weighted by molar-refractivity contribution is 0.345.